The molecule has 1 aromatic rings. The van der Waals surface area contributed by atoms with Crippen LogP contribution in [0.25, 0.3) is 0 Å². The van der Waals surface area contributed by atoms with Crippen molar-refractivity contribution in [3.63, 3.8) is 0 Å². The van der Waals surface area contributed by atoms with Gasteiger partial charge in [-0.05, 0) is 83.3 Å². The maximum atomic E-state index is 4.62. The van der Waals surface area contributed by atoms with Gasteiger partial charge in [0.05, 0.1) is 0 Å². The number of aryl methyl sites for hydroxylation is 3. The maximum absolute atomic E-state index is 4.62. The molecule has 0 aromatic carbocycles. The van der Waals surface area contributed by atoms with Gasteiger partial charge >= 0.3 is 0 Å². The molecule has 0 radical (unpaired) electrons. The van der Waals surface area contributed by atoms with Crippen molar-refractivity contribution in [3.8, 4) is 0 Å². The molecule has 1 N–H and O–H groups in total. The van der Waals surface area contributed by atoms with Gasteiger partial charge < -0.3 is 10.2 Å². The van der Waals surface area contributed by atoms with E-state index in [1.165, 1.54) is 49.3 Å². The van der Waals surface area contributed by atoms with Crippen molar-refractivity contribution in [1.29, 1.82) is 0 Å². The van der Waals surface area contributed by atoms with E-state index in [0.717, 1.165) is 12.2 Å². The highest BCUT2D eigenvalue weighted by molar-refractivity contribution is 5.33. The third-order valence-electron chi connectivity index (χ3n) is 4.56. The first-order valence-corrected chi connectivity index (χ1v) is 8.38. The Balaban J connectivity index is 1.87. The van der Waals surface area contributed by atoms with Gasteiger partial charge in [0.2, 0.25) is 0 Å². The summed E-state index contributed by atoms with van der Waals surface area (Å²) < 4.78 is 0. The number of aromatic nitrogens is 1. The minimum Gasteiger partial charge on any atom is -0.310 e. The molecule has 0 spiro atoms. The molecule has 1 aliphatic rings. The second-order valence-corrected chi connectivity index (χ2v) is 6.82. The predicted octanol–water partition coefficient (Wildman–Crippen LogP) is 3.39. The molecule has 3 heteroatoms. The Bertz CT molecular complexity index is 441. The highest BCUT2D eigenvalue weighted by atomic mass is 15.1. The molecule has 2 rings (SSSR count). The van der Waals surface area contributed by atoms with Gasteiger partial charge in [0, 0.05) is 24.0 Å². The topological polar surface area (TPSA) is 28.2 Å². The molecular formula is C18H31N3. The lowest BCUT2D eigenvalue weighted by Gasteiger charge is -2.24. The largest absolute Gasteiger partial charge is 0.310 e. The van der Waals surface area contributed by atoms with Crippen LogP contribution in [0.5, 0.6) is 0 Å². The van der Waals surface area contributed by atoms with E-state index < -0.39 is 0 Å². The number of nitrogens with zero attached hydrogens (tertiary/aromatic N) is 2. The zero-order valence-corrected chi connectivity index (χ0v) is 14.4. The first kappa shape index (κ1) is 16.4. The summed E-state index contributed by atoms with van der Waals surface area (Å²) in [5.74, 6) is 0.699. The van der Waals surface area contributed by atoms with Gasteiger partial charge in [-0.25, -0.2) is 0 Å². The molecule has 1 saturated heterocycles. The van der Waals surface area contributed by atoms with Crippen molar-refractivity contribution in [3.05, 3.63) is 28.6 Å². The van der Waals surface area contributed by atoms with E-state index in [1.54, 1.807) is 0 Å². The lowest BCUT2D eigenvalue weighted by atomic mass is 10.00. The van der Waals surface area contributed by atoms with E-state index in [9.17, 15) is 0 Å². The number of rotatable bonds is 6. The van der Waals surface area contributed by atoms with Crippen LogP contribution < -0.4 is 5.32 Å². The van der Waals surface area contributed by atoms with Crippen LogP contribution >= 0.6 is 0 Å². The van der Waals surface area contributed by atoms with Crippen molar-refractivity contribution >= 4 is 0 Å². The summed E-state index contributed by atoms with van der Waals surface area (Å²) in [7, 11) is 0. The molecule has 2 heterocycles. The van der Waals surface area contributed by atoms with Crippen LogP contribution in [0.3, 0.4) is 0 Å². The number of hydrogen-bond donors (Lipinski definition) is 1. The highest BCUT2D eigenvalue weighted by Crippen LogP contribution is 2.21. The van der Waals surface area contributed by atoms with Crippen LogP contribution in [0.2, 0.25) is 0 Å². The predicted molar refractivity (Wildman–Crippen MR) is 89.7 cm³/mol. The Kier molecular flexibility index (Phi) is 5.77. The van der Waals surface area contributed by atoms with E-state index in [-0.39, 0.29) is 0 Å². The van der Waals surface area contributed by atoms with Crippen molar-refractivity contribution in [1.82, 2.24) is 15.2 Å². The van der Waals surface area contributed by atoms with Gasteiger partial charge in [-0.1, -0.05) is 6.92 Å². The lowest BCUT2D eigenvalue weighted by molar-refractivity contribution is 0.279. The zero-order chi connectivity index (χ0) is 15.4. The normalized spacial score (nSPS) is 18.9. The van der Waals surface area contributed by atoms with Crippen molar-refractivity contribution < 1.29 is 0 Å². The molecule has 0 aliphatic carbocycles. The first-order valence-electron chi connectivity index (χ1n) is 8.38. The molecule has 0 bridgehead atoms. The monoisotopic (exact) mass is 289 g/mol. The standard InChI is InChI=1S/C18H31N3/c1-13(12-21-8-6-7-9-21)11-19-16(4)18-14(2)10-15(3)20-17(18)5/h10,13,16,19H,6-9,11-12H2,1-5H3. The van der Waals surface area contributed by atoms with Gasteiger partial charge in [-0.3, -0.25) is 4.98 Å². The molecular weight excluding hydrogens is 258 g/mol. The van der Waals surface area contributed by atoms with E-state index in [2.05, 4.69) is 55.9 Å². The minimum absolute atomic E-state index is 0.374. The van der Waals surface area contributed by atoms with E-state index in [0.29, 0.717) is 12.0 Å². The summed E-state index contributed by atoms with van der Waals surface area (Å²) in [5, 5.41) is 3.71. The van der Waals surface area contributed by atoms with E-state index in [1.807, 2.05) is 0 Å². The van der Waals surface area contributed by atoms with Gasteiger partial charge in [-0.2, -0.15) is 0 Å². The van der Waals surface area contributed by atoms with Crippen LogP contribution in [-0.4, -0.2) is 36.1 Å². The third kappa shape index (κ3) is 4.52. The summed E-state index contributed by atoms with van der Waals surface area (Å²) in [5.41, 5.74) is 5.00. The average molecular weight is 289 g/mol. The number of pyridine rings is 1. The second-order valence-electron chi connectivity index (χ2n) is 6.82. The van der Waals surface area contributed by atoms with Gasteiger partial charge in [0.1, 0.15) is 0 Å². The fourth-order valence-corrected chi connectivity index (χ4v) is 3.64. The summed E-state index contributed by atoms with van der Waals surface area (Å²) in [4.78, 5) is 7.22. The van der Waals surface area contributed by atoms with Crippen molar-refractivity contribution in [2.24, 2.45) is 5.92 Å². The fourth-order valence-electron chi connectivity index (χ4n) is 3.64. The Morgan fingerprint density at radius 2 is 1.86 bits per heavy atom. The number of likely N-dealkylation sites (tertiary alicyclic amines) is 1. The molecule has 3 nitrogen and oxygen atoms in total. The molecule has 2 atom stereocenters. The summed E-state index contributed by atoms with van der Waals surface area (Å²) in [6, 6.07) is 2.56. The van der Waals surface area contributed by atoms with Crippen LogP contribution in [0.15, 0.2) is 6.07 Å². The molecule has 1 aromatic heterocycles. The van der Waals surface area contributed by atoms with Crippen LogP contribution in [-0.2, 0) is 0 Å². The third-order valence-corrected chi connectivity index (χ3v) is 4.56. The average Bonchev–Trinajstić information content (AvgIpc) is 2.88. The van der Waals surface area contributed by atoms with E-state index >= 15 is 0 Å². The van der Waals surface area contributed by atoms with Crippen LogP contribution in [0.4, 0.5) is 0 Å². The summed E-state index contributed by atoms with van der Waals surface area (Å²) in [6.07, 6.45) is 2.76. The van der Waals surface area contributed by atoms with E-state index in [4.69, 9.17) is 0 Å². The lowest BCUT2D eigenvalue weighted by Crippen LogP contribution is -2.33. The molecule has 2 unspecified atom stereocenters. The van der Waals surface area contributed by atoms with Crippen molar-refractivity contribution in [2.75, 3.05) is 26.2 Å². The van der Waals surface area contributed by atoms with Crippen LogP contribution in [0.1, 0.15) is 55.2 Å². The minimum atomic E-state index is 0.374. The number of hydrogen-bond acceptors (Lipinski definition) is 3. The van der Waals surface area contributed by atoms with Crippen LogP contribution in [0, 0.1) is 26.7 Å². The number of nitrogens with one attached hydrogen (secondary N) is 1. The van der Waals surface area contributed by atoms with Gasteiger partial charge in [0.15, 0.2) is 0 Å². The Hall–Kier alpha value is -0.930. The highest BCUT2D eigenvalue weighted by Gasteiger charge is 2.17. The fraction of sp³-hybridized carbons (Fsp3) is 0.722. The molecule has 21 heavy (non-hydrogen) atoms. The summed E-state index contributed by atoms with van der Waals surface area (Å²) in [6.45, 7) is 15.9. The SMILES string of the molecule is Cc1cc(C)c(C(C)NCC(C)CN2CCCC2)c(C)n1. The Morgan fingerprint density at radius 1 is 1.19 bits per heavy atom. The Labute approximate surface area is 130 Å². The van der Waals surface area contributed by atoms with Gasteiger partial charge in [0.25, 0.3) is 0 Å². The van der Waals surface area contributed by atoms with Gasteiger partial charge in [-0.15, -0.1) is 0 Å². The second kappa shape index (κ2) is 7.37. The maximum Gasteiger partial charge on any atom is 0.0426 e. The molecule has 0 amide bonds. The zero-order valence-electron chi connectivity index (χ0n) is 14.4. The van der Waals surface area contributed by atoms with Crippen molar-refractivity contribution in [2.45, 2.75) is 53.5 Å². The molecule has 0 saturated carbocycles. The molecule has 1 fully saturated rings. The first-order chi connectivity index (χ1) is 9.97. The smallest absolute Gasteiger partial charge is 0.0426 e. The summed E-state index contributed by atoms with van der Waals surface area (Å²) >= 11 is 0. The Morgan fingerprint density at radius 3 is 2.48 bits per heavy atom. The molecule has 118 valence electrons. The molecule has 1 aliphatic heterocycles. The quantitative estimate of drug-likeness (QED) is 0.870.